The minimum Gasteiger partial charge on any atom is -0.456 e. The molecule has 1 atom stereocenters. The van der Waals surface area contributed by atoms with Crippen LogP contribution in [0.2, 0.25) is 0 Å². The molecule has 0 amide bonds. The molecular weight excluding hydrogens is 376 g/mol. The predicted molar refractivity (Wildman–Crippen MR) is 121 cm³/mol. The van der Waals surface area contributed by atoms with Crippen LogP contribution in [0.4, 0.5) is 0 Å². The third-order valence-electron chi connectivity index (χ3n) is 5.53. The van der Waals surface area contributed by atoms with Crippen LogP contribution in [0, 0.1) is 6.92 Å². The van der Waals surface area contributed by atoms with E-state index in [1.165, 1.54) is 27.1 Å². The second-order valence-corrected chi connectivity index (χ2v) is 8.44. The first kappa shape index (κ1) is 19.7. The molecule has 0 saturated heterocycles. The van der Waals surface area contributed by atoms with Gasteiger partial charge in [-0.1, -0.05) is 36.5 Å². The Hall–Kier alpha value is -2.56. The van der Waals surface area contributed by atoms with Gasteiger partial charge in [-0.25, -0.2) is 0 Å². The molecule has 1 aromatic heterocycles. The van der Waals surface area contributed by atoms with Crippen molar-refractivity contribution in [2.75, 3.05) is 6.54 Å². The van der Waals surface area contributed by atoms with Crippen LogP contribution in [-0.2, 0) is 13.0 Å². The van der Waals surface area contributed by atoms with Gasteiger partial charge >= 0.3 is 0 Å². The van der Waals surface area contributed by atoms with Crippen LogP contribution in [-0.4, -0.2) is 16.4 Å². The summed E-state index contributed by atoms with van der Waals surface area (Å²) in [5.41, 5.74) is 5.44. The van der Waals surface area contributed by atoms with E-state index in [1.54, 1.807) is 24.2 Å². The molecule has 0 radical (unpaired) electrons. The van der Waals surface area contributed by atoms with Crippen molar-refractivity contribution in [3.8, 4) is 11.5 Å². The number of benzene rings is 2. The summed E-state index contributed by atoms with van der Waals surface area (Å²) in [4.78, 5) is 7.94. The predicted octanol–water partition coefficient (Wildman–Crippen LogP) is 6.54. The van der Waals surface area contributed by atoms with Crippen molar-refractivity contribution >= 4 is 11.8 Å². The molecule has 2 aromatic carbocycles. The van der Waals surface area contributed by atoms with Gasteiger partial charge in [-0.2, -0.15) is 0 Å². The normalized spacial score (nSPS) is 14.8. The summed E-state index contributed by atoms with van der Waals surface area (Å²) in [5.74, 6) is 1.63. The van der Waals surface area contributed by atoms with Gasteiger partial charge in [0, 0.05) is 30.2 Å². The fourth-order valence-corrected chi connectivity index (χ4v) is 4.43. The van der Waals surface area contributed by atoms with Crippen LogP contribution >= 0.6 is 11.8 Å². The number of thioether (sulfide) groups is 1. The zero-order chi connectivity index (χ0) is 20.2. The Balaban J connectivity index is 1.50. The average molecular weight is 403 g/mol. The van der Waals surface area contributed by atoms with Crippen LogP contribution in [0.25, 0.3) is 0 Å². The summed E-state index contributed by atoms with van der Waals surface area (Å²) in [7, 11) is 0. The van der Waals surface area contributed by atoms with Gasteiger partial charge in [0.05, 0.1) is 6.20 Å². The molecule has 0 N–H and O–H groups in total. The van der Waals surface area contributed by atoms with Gasteiger partial charge in [0.1, 0.15) is 11.5 Å². The summed E-state index contributed by atoms with van der Waals surface area (Å²) in [6.07, 6.45) is 4.56. The fraction of sp³-hybridized carbons (Fsp3) is 0.240. The molecule has 0 saturated carbocycles. The standard InChI is InChI=1S/C25H26N2OS/c1-4-29-25-10-8-21(14-18(25)2)19(3)27-13-11-20-7-9-23(15-22(20)17-27)28-24-6-5-12-26-16-24/h4-10,12,14-16,19H,1,11,13,17H2,2-3H3. The zero-order valence-electron chi connectivity index (χ0n) is 17.0. The summed E-state index contributed by atoms with van der Waals surface area (Å²) < 4.78 is 5.99. The number of nitrogens with zero attached hydrogens (tertiary/aromatic N) is 2. The molecule has 0 bridgehead atoms. The fourth-order valence-electron chi connectivity index (χ4n) is 3.86. The molecule has 0 aliphatic carbocycles. The van der Waals surface area contributed by atoms with Crippen molar-refractivity contribution in [1.29, 1.82) is 0 Å². The Morgan fingerprint density at radius 3 is 2.79 bits per heavy atom. The largest absolute Gasteiger partial charge is 0.456 e. The summed E-state index contributed by atoms with van der Waals surface area (Å²) in [6.45, 7) is 10.3. The molecule has 3 aromatic rings. The van der Waals surface area contributed by atoms with E-state index in [-0.39, 0.29) is 0 Å². The van der Waals surface area contributed by atoms with E-state index in [9.17, 15) is 0 Å². The van der Waals surface area contributed by atoms with Gasteiger partial charge in [-0.15, -0.1) is 0 Å². The van der Waals surface area contributed by atoms with E-state index >= 15 is 0 Å². The third kappa shape index (κ3) is 4.55. The topological polar surface area (TPSA) is 25.4 Å². The van der Waals surface area contributed by atoms with Crippen LogP contribution in [0.3, 0.4) is 0 Å². The Morgan fingerprint density at radius 1 is 1.14 bits per heavy atom. The van der Waals surface area contributed by atoms with Crippen LogP contribution in [0.1, 0.15) is 35.2 Å². The molecule has 4 rings (SSSR count). The summed E-state index contributed by atoms with van der Waals surface area (Å²) >= 11 is 1.68. The first-order valence-electron chi connectivity index (χ1n) is 9.96. The molecule has 1 aliphatic heterocycles. The van der Waals surface area contributed by atoms with Crippen molar-refractivity contribution in [2.24, 2.45) is 0 Å². The minimum atomic E-state index is 0.368. The highest BCUT2D eigenvalue weighted by atomic mass is 32.2. The summed E-state index contributed by atoms with van der Waals surface area (Å²) in [6, 6.07) is 17.4. The third-order valence-corrected chi connectivity index (χ3v) is 6.41. The van der Waals surface area contributed by atoms with Crippen molar-refractivity contribution in [2.45, 2.75) is 37.8 Å². The molecule has 29 heavy (non-hydrogen) atoms. The van der Waals surface area contributed by atoms with Crippen molar-refractivity contribution in [3.63, 3.8) is 0 Å². The SMILES string of the molecule is C=CSc1ccc(C(C)N2CCc3ccc(Oc4cccnc4)cc3C2)cc1C. The van der Waals surface area contributed by atoms with E-state index < -0.39 is 0 Å². The Labute approximate surface area is 177 Å². The number of hydrogen-bond acceptors (Lipinski definition) is 4. The average Bonchev–Trinajstić information content (AvgIpc) is 2.75. The van der Waals surface area contributed by atoms with Crippen LogP contribution in [0.5, 0.6) is 11.5 Å². The highest BCUT2D eigenvalue weighted by molar-refractivity contribution is 8.02. The van der Waals surface area contributed by atoms with E-state index in [1.807, 2.05) is 17.5 Å². The van der Waals surface area contributed by atoms with Crippen molar-refractivity contribution < 1.29 is 4.74 Å². The minimum absolute atomic E-state index is 0.368. The number of hydrogen-bond donors (Lipinski definition) is 0. The summed E-state index contributed by atoms with van der Waals surface area (Å²) in [5, 5.41) is 1.89. The number of pyridine rings is 1. The number of aryl methyl sites for hydroxylation is 1. The lowest BCUT2D eigenvalue weighted by Crippen LogP contribution is -2.32. The molecule has 3 nitrogen and oxygen atoms in total. The number of fused-ring (bicyclic) bond motifs is 1. The Morgan fingerprint density at radius 2 is 2.03 bits per heavy atom. The van der Waals surface area contributed by atoms with E-state index in [2.05, 4.69) is 66.7 Å². The van der Waals surface area contributed by atoms with Gasteiger partial charge in [-0.3, -0.25) is 9.88 Å². The highest BCUT2D eigenvalue weighted by Gasteiger charge is 2.22. The highest BCUT2D eigenvalue weighted by Crippen LogP contribution is 2.33. The molecule has 0 spiro atoms. The molecule has 1 aliphatic rings. The second-order valence-electron chi connectivity index (χ2n) is 7.43. The second kappa shape index (κ2) is 8.85. The maximum Gasteiger partial charge on any atom is 0.145 e. The monoisotopic (exact) mass is 402 g/mol. The maximum absolute atomic E-state index is 5.99. The van der Waals surface area contributed by atoms with Crippen LogP contribution in [0.15, 0.2) is 77.8 Å². The first-order chi connectivity index (χ1) is 14.1. The van der Waals surface area contributed by atoms with E-state index in [4.69, 9.17) is 4.74 Å². The van der Waals surface area contributed by atoms with Gasteiger partial charge in [0.25, 0.3) is 0 Å². The quantitative estimate of drug-likeness (QED) is 0.437. The number of rotatable bonds is 6. The lowest BCUT2D eigenvalue weighted by Gasteiger charge is -2.34. The first-order valence-corrected chi connectivity index (χ1v) is 10.8. The smallest absolute Gasteiger partial charge is 0.145 e. The molecular formula is C25H26N2OS. The molecule has 0 fully saturated rings. The molecule has 4 heteroatoms. The van der Waals surface area contributed by atoms with Crippen LogP contribution < -0.4 is 4.74 Å². The lowest BCUT2D eigenvalue weighted by atomic mass is 9.96. The van der Waals surface area contributed by atoms with Crippen molar-refractivity contribution in [3.05, 3.63) is 95.2 Å². The van der Waals surface area contributed by atoms with E-state index in [0.29, 0.717) is 6.04 Å². The van der Waals surface area contributed by atoms with Gasteiger partial charge in [0.2, 0.25) is 0 Å². The zero-order valence-corrected chi connectivity index (χ0v) is 17.8. The van der Waals surface area contributed by atoms with Gasteiger partial charge in [-0.05, 0) is 78.3 Å². The number of aromatic nitrogens is 1. The molecule has 148 valence electrons. The van der Waals surface area contributed by atoms with Crippen molar-refractivity contribution in [1.82, 2.24) is 9.88 Å². The van der Waals surface area contributed by atoms with Gasteiger partial charge < -0.3 is 4.74 Å². The number of ether oxygens (including phenoxy) is 1. The molecule has 1 unspecified atom stereocenters. The molecule has 2 heterocycles. The van der Waals surface area contributed by atoms with E-state index in [0.717, 1.165) is 31.0 Å². The Bertz CT molecular complexity index is 1000. The Kier molecular flexibility index (Phi) is 6.02. The van der Waals surface area contributed by atoms with Gasteiger partial charge in [0.15, 0.2) is 0 Å². The maximum atomic E-state index is 5.99. The lowest BCUT2D eigenvalue weighted by molar-refractivity contribution is 0.192.